The van der Waals surface area contributed by atoms with Gasteiger partial charge in [-0.1, -0.05) is 32.9 Å². The Morgan fingerprint density at radius 3 is 2.15 bits per heavy atom. The zero-order valence-electron chi connectivity index (χ0n) is 20.8. The summed E-state index contributed by atoms with van der Waals surface area (Å²) in [6.07, 6.45) is 4.20. The van der Waals surface area contributed by atoms with E-state index < -0.39 is 11.6 Å². The zero-order valence-corrected chi connectivity index (χ0v) is 20.8. The first-order valence-electron chi connectivity index (χ1n) is 12.0. The predicted molar refractivity (Wildman–Crippen MR) is 135 cm³/mol. The second-order valence-corrected chi connectivity index (χ2v) is 8.10. The minimum absolute atomic E-state index is 0.00771. The van der Waals surface area contributed by atoms with Crippen molar-refractivity contribution in [3.8, 4) is 0 Å². The molecule has 2 aromatic carbocycles. The molecule has 182 valence electrons. The van der Waals surface area contributed by atoms with Crippen molar-refractivity contribution >= 4 is 28.4 Å². The number of carbonyl (C=O) groups is 3. The van der Waals surface area contributed by atoms with Crippen LogP contribution in [0.1, 0.15) is 78.9 Å². The lowest BCUT2D eigenvalue weighted by Crippen LogP contribution is -2.35. The number of aryl methyl sites for hydroxylation is 2. The maximum absolute atomic E-state index is 12.6. The van der Waals surface area contributed by atoms with Crippen molar-refractivity contribution in [3.63, 3.8) is 0 Å². The van der Waals surface area contributed by atoms with Crippen LogP contribution in [-0.4, -0.2) is 40.4 Å². The minimum Gasteiger partial charge on any atom is -0.358 e. The largest absolute Gasteiger partial charge is 0.358 e. The SMILES string of the molecule is CC.CC(=O)C(=O)c1c(C)[nH]c2ccc(C(=O)N3CCCCC3)cc12.CCc1ccc(F)cc1. The number of aromatic amines is 1. The van der Waals surface area contributed by atoms with E-state index in [9.17, 15) is 18.8 Å². The molecule has 0 atom stereocenters. The fourth-order valence-electron chi connectivity index (χ4n) is 3.93. The van der Waals surface area contributed by atoms with Crippen LogP contribution in [0.15, 0.2) is 42.5 Å². The first-order chi connectivity index (χ1) is 16.3. The molecule has 1 fully saturated rings. The van der Waals surface area contributed by atoms with Gasteiger partial charge >= 0.3 is 0 Å². The third-order valence-electron chi connectivity index (χ3n) is 5.74. The number of rotatable bonds is 4. The van der Waals surface area contributed by atoms with Crippen molar-refractivity contribution in [3.05, 3.63) is 70.7 Å². The van der Waals surface area contributed by atoms with E-state index in [2.05, 4.69) is 4.98 Å². The minimum atomic E-state index is -0.517. The lowest BCUT2D eigenvalue weighted by Gasteiger charge is -2.26. The topological polar surface area (TPSA) is 70.2 Å². The molecule has 0 saturated carbocycles. The Morgan fingerprint density at radius 1 is 0.971 bits per heavy atom. The van der Waals surface area contributed by atoms with Gasteiger partial charge in [0.2, 0.25) is 5.78 Å². The van der Waals surface area contributed by atoms with Gasteiger partial charge in [0, 0.05) is 42.2 Å². The number of fused-ring (bicyclic) bond motifs is 1. The van der Waals surface area contributed by atoms with E-state index in [0.717, 1.165) is 44.3 Å². The highest BCUT2D eigenvalue weighted by molar-refractivity contribution is 6.45. The Hall–Kier alpha value is -3.28. The number of ketones is 2. The number of amides is 1. The van der Waals surface area contributed by atoms with Crippen LogP contribution in [0.2, 0.25) is 0 Å². The Bertz CT molecular complexity index is 1130. The molecule has 5 nitrogen and oxygen atoms in total. The van der Waals surface area contributed by atoms with Crippen LogP contribution in [0.5, 0.6) is 0 Å². The van der Waals surface area contributed by atoms with Crippen LogP contribution < -0.4 is 0 Å². The highest BCUT2D eigenvalue weighted by Crippen LogP contribution is 2.25. The Kier molecular flexibility index (Phi) is 10.2. The normalized spacial score (nSPS) is 12.8. The van der Waals surface area contributed by atoms with Crippen molar-refractivity contribution < 1.29 is 18.8 Å². The number of benzene rings is 2. The number of nitrogens with one attached hydrogen (secondary N) is 1. The van der Waals surface area contributed by atoms with Crippen molar-refractivity contribution in [2.45, 2.75) is 60.3 Å². The zero-order chi connectivity index (χ0) is 25.3. The summed E-state index contributed by atoms with van der Waals surface area (Å²) in [6.45, 7) is 10.6. The molecule has 1 aliphatic rings. The number of hydrogen-bond acceptors (Lipinski definition) is 3. The second kappa shape index (κ2) is 12.8. The summed E-state index contributed by atoms with van der Waals surface area (Å²) >= 11 is 0. The van der Waals surface area contributed by atoms with Gasteiger partial charge in [-0.15, -0.1) is 0 Å². The lowest BCUT2D eigenvalue weighted by molar-refractivity contribution is -0.113. The second-order valence-electron chi connectivity index (χ2n) is 8.10. The maximum Gasteiger partial charge on any atom is 0.253 e. The average Bonchev–Trinajstić information content (AvgIpc) is 3.20. The number of hydrogen-bond donors (Lipinski definition) is 1. The summed E-state index contributed by atoms with van der Waals surface area (Å²) in [5.41, 5.74) is 3.54. The molecule has 1 N–H and O–H groups in total. The number of piperidine rings is 1. The molecule has 6 heteroatoms. The molecule has 34 heavy (non-hydrogen) atoms. The Morgan fingerprint density at radius 2 is 1.59 bits per heavy atom. The van der Waals surface area contributed by atoms with E-state index >= 15 is 0 Å². The standard InChI is InChI=1S/C18H20N2O3.C8H9F.C2H6/c1-11-16(17(22)12(2)21)14-10-13(6-7-15(14)19-11)18(23)20-8-4-3-5-9-20;1-2-7-3-5-8(9)6-4-7;1-2/h6-7,10,19H,3-5,8-9H2,1-2H3;3-6H,2H2,1H3;1-2H3. The van der Waals surface area contributed by atoms with Gasteiger partial charge in [-0.25, -0.2) is 4.39 Å². The molecule has 1 aliphatic heterocycles. The molecule has 0 radical (unpaired) electrons. The van der Waals surface area contributed by atoms with Gasteiger partial charge in [-0.05, 0) is 68.5 Å². The van der Waals surface area contributed by atoms with Gasteiger partial charge in [0.25, 0.3) is 5.91 Å². The number of H-pyrrole nitrogens is 1. The van der Waals surface area contributed by atoms with Crippen molar-refractivity contribution in [2.75, 3.05) is 13.1 Å². The van der Waals surface area contributed by atoms with Crippen LogP contribution >= 0.6 is 0 Å². The van der Waals surface area contributed by atoms with Crippen LogP contribution in [0.3, 0.4) is 0 Å². The summed E-state index contributed by atoms with van der Waals surface area (Å²) < 4.78 is 12.2. The Labute approximate surface area is 201 Å². The third kappa shape index (κ3) is 6.62. The molecule has 4 rings (SSSR count). The Balaban J connectivity index is 0.000000311. The van der Waals surface area contributed by atoms with E-state index in [-0.39, 0.29) is 11.7 Å². The van der Waals surface area contributed by atoms with Gasteiger partial charge < -0.3 is 9.88 Å². The van der Waals surface area contributed by atoms with Gasteiger partial charge in [0.05, 0.1) is 5.56 Å². The summed E-state index contributed by atoms with van der Waals surface area (Å²) in [5.74, 6) is -1.18. The maximum atomic E-state index is 12.6. The highest BCUT2D eigenvalue weighted by atomic mass is 19.1. The van der Waals surface area contributed by atoms with Gasteiger partial charge in [0.15, 0.2) is 5.78 Å². The molecule has 0 unspecified atom stereocenters. The fraction of sp³-hybridized carbons (Fsp3) is 0.393. The predicted octanol–water partition coefficient (Wildman–Crippen LogP) is 6.29. The third-order valence-corrected chi connectivity index (χ3v) is 5.74. The van der Waals surface area contributed by atoms with Gasteiger partial charge in [0.1, 0.15) is 5.82 Å². The van der Waals surface area contributed by atoms with E-state index in [0.29, 0.717) is 22.2 Å². The van der Waals surface area contributed by atoms with Gasteiger partial charge in [-0.2, -0.15) is 0 Å². The van der Waals surface area contributed by atoms with Crippen molar-refractivity contribution in [1.29, 1.82) is 0 Å². The first kappa shape index (κ1) is 27.0. The molecule has 0 aliphatic carbocycles. The number of Topliss-reactive ketones (excluding diaryl/α,β-unsaturated/α-hetero) is 2. The average molecular weight is 467 g/mol. The van der Waals surface area contributed by atoms with Crippen LogP contribution in [0, 0.1) is 12.7 Å². The number of aromatic nitrogens is 1. The molecule has 0 spiro atoms. The molecule has 2 heterocycles. The van der Waals surface area contributed by atoms with Gasteiger partial charge in [-0.3, -0.25) is 14.4 Å². The molecule has 1 amide bonds. The molecule has 1 saturated heterocycles. The molecule has 3 aromatic rings. The number of nitrogens with zero attached hydrogens (tertiary/aromatic N) is 1. The monoisotopic (exact) mass is 466 g/mol. The fourth-order valence-corrected chi connectivity index (χ4v) is 3.93. The van der Waals surface area contributed by atoms with Crippen LogP contribution in [-0.2, 0) is 11.2 Å². The summed E-state index contributed by atoms with van der Waals surface area (Å²) in [6, 6.07) is 11.9. The highest BCUT2D eigenvalue weighted by Gasteiger charge is 2.22. The summed E-state index contributed by atoms with van der Waals surface area (Å²) in [7, 11) is 0. The molecular weight excluding hydrogens is 431 g/mol. The molecular formula is C28H35FN2O3. The first-order valence-corrected chi connectivity index (χ1v) is 12.0. The van der Waals surface area contributed by atoms with E-state index in [1.807, 2.05) is 25.7 Å². The molecule has 1 aromatic heterocycles. The summed E-state index contributed by atoms with van der Waals surface area (Å²) in [5, 5.41) is 0.644. The summed E-state index contributed by atoms with van der Waals surface area (Å²) in [4.78, 5) is 41.2. The van der Waals surface area contributed by atoms with Crippen molar-refractivity contribution in [1.82, 2.24) is 9.88 Å². The number of halogens is 1. The van der Waals surface area contributed by atoms with Crippen LogP contribution in [0.4, 0.5) is 4.39 Å². The number of carbonyl (C=O) groups excluding carboxylic acids is 3. The lowest BCUT2D eigenvalue weighted by atomic mass is 10.0. The van der Waals surface area contributed by atoms with E-state index in [1.54, 1.807) is 37.3 Å². The van der Waals surface area contributed by atoms with E-state index in [4.69, 9.17) is 0 Å². The molecule has 0 bridgehead atoms. The quantitative estimate of drug-likeness (QED) is 0.363. The van der Waals surface area contributed by atoms with E-state index in [1.165, 1.54) is 24.6 Å². The van der Waals surface area contributed by atoms with Crippen molar-refractivity contribution in [2.24, 2.45) is 0 Å². The smallest absolute Gasteiger partial charge is 0.253 e. The number of likely N-dealkylation sites (tertiary alicyclic amines) is 1. The van der Waals surface area contributed by atoms with Crippen LogP contribution in [0.25, 0.3) is 10.9 Å².